The van der Waals surface area contributed by atoms with Crippen LogP contribution in [0.5, 0.6) is 0 Å². The Kier molecular flexibility index (Phi) is 4.31. The molecule has 1 aromatic heterocycles. The number of thiazole rings is 1. The number of carbonyl (C=O) groups is 1. The minimum atomic E-state index is -0.362. The van der Waals surface area contributed by atoms with Gasteiger partial charge in [0.15, 0.2) is 5.13 Å². The van der Waals surface area contributed by atoms with E-state index < -0.39 is 0 Å². The van der Waals surface area contributed by atoms with E-state index in [0.717, 1.165) is 30.8 Å². The number of aromatic nitrogens is 1. The van der Waals surface area contributed by atoms with Gasteiger partial charge in [-0.2, -0.15) is 0 Å². The molecule has 1 amide bonds. The lowest BCUT2D eigenvalue weighted by atomic mass is 9.43. The maximum Gasteiger partial charge on any atom is 0.234 e. The van der Waals surface area contributed by atoms with Gasteiger partial charge in [0.1, 0.15) is 0 Å². The highest BCUT2D eigenvalue weighted by molar-refractivity contribution is 9.24. The van der Waals surface area contributed by atoms with E-state index >= 15 is 0 Å². The standard InChI is InChI=1S/C17H21Br3N2OS/c1-15(2)16(12(19)20)7-8-17(15,11(16)18)13(23)22-14-21-9-5-3-4-6-10(9)24-14/h11-12H,3-8H2,1-2H3,(H,21,22,23)/t11-,16+,17-/m1/s1. The molecule has 3 nitrogen and oxygen atoms in total. The fourth-order valence-electron chi connectivity index (χ4n) is 5.31. The van der Waals surface area contributed by atoms with Crippen LogP contribution in [0.25, 0.3) is 0 Å². The van der Waals surface area contributed by atoms with Crippen molar-refractivity contribution in [1.29, 1.82) is 0 Å². The molecule has 132 valence electrons. The van der Waals surface area contributed by atoms with Gasteiger partial charge >= 0.3 is 0 Å². The van der Waals surface area contributed by atoms with Crippen LogP contribution >= 0.6 is 59.1 Å². The third-order valence-corrected chi connectivity index (χ3v) is 11.3. The minimum Gasteiger partial charge on any atom is -0.301 e. The Balaban J connectivity index is 1.60. The zero-order chi connectivity index (χ0) is 17.3. The number of aryl methyl sites for hydroxylation is 2. The van der Waals surface area contributed by atoms with Gasteiger partial charge in [-0.1, -0.05) is 61.6 Å². The number of rotatable bonds is 3. The normalized spacial score (nSPS) is 36.3. The first-order valence-corrected chi connectivity index (χ1v) is 12.1. The maximum absolute atomic E-state index is 13.3. The third-order valence-electron chi connectivity index (χ3n) is 6.96. The van der Waals surface area contributed by atoms with Gasteiger partial charge in [0.05, 0.1) is 14.8 Å². The second-order valence-corrected chi connectivity index (χ2v) is 12.9. The molecule has 2 bridgehead atoms. The van der Waals surface area contributed by atoms with Crippen molar-refractivity contribution in [2.24, 2.45) is 16.2 Å². The van der Waals surface area contributed by atoms with E-state index in [0.29, 0.717) is 0 Å². The molecule has 3 atom stereocenters. The molecule has 3 saturated carbocycles. The maximum atomic E-state index is 13.3. The summed E-state index contributed by atoms with van der Waals surface area (Å²) in [5.74, 6) is 0.134. The molecular formula is C17H21Br3N2OS. The van der Waals surface area contributed by atoms with Gasteiger partial charge in [0.2, 0.25) is 5.91 Å². The molecule has 3 fully saturated rings. The molecule has 0 saturated heterocycles. The number of carbonyl (C=O) groups excluding carboxylic acids is 1. The molecule has 1 N–H and O–H groups in total. The van der Waals surface area contributed by atoms with E-state index in [1.165, 1.54) is 23.4 Å². The molecule has 0 aromatic carbocycles. The predicted octanol–water partition coefficient (Wildman–Crippen LogP) is 5.65. The van der Waals surface area contributed by atoms with Crippen molar-refractivity contribution >= 4 is 70.2 Å². The number of nitrogens with zero attached hydrogens (tertiary/aromatic N) is 1. The molecule has 0 radical (unpaired) electrons. The van der Waals surface area contributed by atoms with Crippen LogP contribution in [0.2, 0.25) is 0 Å². The van der Waals surface area contributed by atoms with E-state index in [4.69, 9.17) is 0 Å². The first-order valence-electron chi connectivity index (χ1n) is 8.49. The molecule has 7 heteroatoms. The molecule has 4 aliphatic rings. The van der Waals surface area contributed by atoms with Gasteiger partial charge in [-0.05, 0) is 43.9 Å². The summed E-state index contributed by atoms with van der Waals surface area (Å²) in [6.45, 7) is 4.47. The zero-order valence-electron chi connectivity index (χ0n) is 13.8. The van der Waals surface area contributed by atoms with E-state index in [-0.39, 0.29) is 30.7 Å². The SMILES string of the molecule is CC1(C)[C@]2(C(=O)Nc3nc4c(s3)CCCC4)CC[C@@]1(C(Br)Br)[C@H]2Br. The van der Waals surface area contributed by atoms with Crippen molar-refractivity contribution < 1.29 is 4.79 Å². The summed E-state index contributed by atoms with van der Waals surface area (Å²) in [6.07, 6.45) is 6.57. The van der Waals surface area contributed by atoms with Crippen molar-refractivity contribution in [3.05, 3.63) is 10.6 Å². The highest BCUT2D eigenvalue weighted by Crippen LogP contribution is 2.82. The number of alkyl halides is 3. The lowest BCUT2D eigenvalue weighted by Gasteiger charge is -2.66. The van der Waals surface area contributed by atoms with Gasteiger partial charge in [-0.3, -0.25) is 4.79 Å². The van der Waals surface area contributed by atoms with E-state index in [1.54, 1.807) is 11.3 Å². The Labute approximate surface area is 172 Å². The lowest BCUT2D eigenvalue weighted by molar-refractivity contribution is -0.155. The van der Waals surface area contributed by atoms with Gasteiger partial charge in [-0.25, -0.2) is 4.98 Å². The smallest absolute Gasteiger partial charge is 0.234 e. The summed E-state index contributed by atoms with van der Waals surface area (Å²) in [5, 5.41) is 3.96. The summed E-state index contributed by atoms with van der Waals surface area (Å²) >= 11 is 13.0. The van der Waals surface area contributed by atoms with Crippen LogP contribution in [0.1, 0.15) is 50.1 Å². The monoisotopic (exact) mass is 538 g/mol. The Morgan fingerprint density at radius 3 is 2.58 bits per heavy atom. The molecule has 0 spiro atoms. The number of hydrogen-bond acceptors (Lipinski definition) is 3. The second-order valence-electron chi connectivity index (χ2n) is 7.85. The summed E-state index contributed by atoms with van der Waals surface area (Å²) in [4.78, 5) is 19.5. The van der Waals surface area contributed by atoms with Crippen LogP contribution < -0.4 is 5.32 Å². The molecule has 0 aliphatic heterocycles. The number of fused-ring (bicyclic) bond motifs is 2. The molecule has 1 aromatic rings. The summed E-state index contributed by atoms with van der Waals surface area (Å²) in [7, 11) is 0. The van der Waals surface area contributed by atoms with Crippen LogP contribution in [0, 0.1) is 16.2 Å². The highest BCUT2D eigenvalue weighted by atomic mass is 79.9. The van der Waals surface area contributed by atoms with Crippen LogP contribution in [-0.4, -0.2) is 19.5 Å². The number of amides is 1. The van der Waals surface area contributed by atoms with Crippen molar-refractivity contribution in [3.63, 3.8) is 0 Å². The number of hydrogen-bond donors (Lipinski definition) is 1. The van der Waals surface area contributed by atoms with E-state index in [9.17, 15) is 4.79 Å². The van der Waals surface area contributed by atoms with Crippen molar-refractivity contribution in [1.82, 2.24) is 4.98 Å². The van der Waals surface area contributed by atoms with Crippen molar-refractivity contribution in [2.45, 2.75) is 60.9 Å². The molecule has 4 aliphatic carbocycles. The average molecular weight is 541 g/mol. The van der Waals surface area contributed by atoms with Gasteiger partial charge in [0, 0.05) is 15.1 Å². The van der Waals surface area contributed by atoms with Crippen LogP contribution in [0.15, 0.2) is 0 Å². The van der Waals surface area contributed by atoms with Gasteiger partial charge in [0.25, 0.3) is 0 Å². The fourth-order valence-corrected chi connectivity index (χ4v) is 11.3. The Hall–Kier alpha value is 0.540. The highest BCUT2D eigenvalue weighted by Gasteiger charge is 2.83. The van der Waals surface area contributed by atoms with Crippen LogP contribution in [0.3, 0.4) is 0 Å². The lowest BCUT2D eigenvalue weighted by Crippen LogP contribution is -2.71. The molecule has 24 heavy (non-hydrogen) atoms. The van der Waals surface area contributed by atoms with E-state index in [2.05, 4.69) is 71.9 Å². The first kappa shape index (κ1) is 17.9. The Morgan fingerprint density at radius 1 is 1.29 bits per heavy atom. The van der Waals surface area contributed by atoms with Crippen molar-refractivity contribution in [2.75, 3.05) is 5.32 Å². The van der Waals surface area contributed by atoms with Crippen molar-refractivity contribution in [3.8, 4) is 0 Å². The molecule has 1 heterocycles. The first-order chi connectivity index (χ1) is 11.3. The quantitative estimate of drug-likeness (QED) is 0.504. The van der Waals surface area contributed by atoms with Gasteiger partial charge in [-0.15, -0.1) is 11.3 Å². The second kappa shape index (κ2) is 5.77. The Morgan fingerprint density at radius 2 is 2.00 bits per heavy atom. The predicted molar refractivity (Wildman–Crippen MR) is 110 cm³/mol. The van der Waals surface area contributed by atoms with Crippen LogP contribution in [0.4, 0.5) is 5.13 Å². The Bertz CT molecular complexity index is 681. The summed E-state index contributed by atoms with van der Waals surface area (Å²) in [5.41, 5.74) is 0.821. The molecule has 5 rings (SSSR count). The third kappa shape index (κ3) is 1.99. The molecular weight excluding hydrogens is 520 g/mol. The number of halogens is 3. The number of nitrogens with one attached hydrogen (secondary N) is 1. The fraction of sp³-hybridized carbons (Fsp3) is 0.765. The zero-order valence-corrected chi connectivity index (χ0v) is 19.4. The topological polar surface area (TPSA) is 42.0 Å². The number of anilines is 1. The largest absolute Gasteiger partial charge is 0.301 e. The van der Waals surface area contributed by atoms with Gasteiger partial charge < -0.3 is 5.32 Å². The summed E-state index contributed by atoms with van der Waals surface area (Å²) < 4.78 is 0.201. The van der Waals surface area contributed by atoms with Crippen LogP contribution in [-0.2, 0) is 17.6 Å². The van der Waals surface area contributed by atoms with E-state index in [1.807, 2.05) is 0 Å². The average Bonchev–Trinajstić information content (AvgIpc) is 3.14. The summed E-state index contributed by atoms with van der Waals surface area (Å²) in [6, 6.07) is 0. The minimum absolute atomic E-state index is 0.0620. The molecule has 0 unspecified atom stereocenters.